The van der Waals surface area contributed by atoms with E-state index < -0.39 is 0 Å². The van der Waals surface area contributed by atoms with Gasteiger partial charge in [-0.25, -0.2) is 0 Å². The van der Waals surface area contributed by atoms with Gasteiger partial charge in [0, 0.05) is 59.0 Å². The highest BCUT2D eigenvalue weighted by molar-refractivity contribution is 5.50. The van der Waals surface area contributed by atoms with Crippen molar-refractivity contribution >= 4 is 6.08 Å². The third-order valence-corrected chi connectivity index (χ3v) is 5.76. The van der Waals surface area contributed by atoms with Gasteiger partial charge in [0.25, 0.3) is 0 Å². The van der Waals surface area contributed by atoms with Crippen molar-refractivity contribution in [3.05, 3.63) is 35.9 Å². The van der Waals surface area contributed by atoms with E-state index in [2.05, 4.69) is 46.0 Å². The molecule has 2 aliphatic rings. The van der Waals surface area contributed by atoms with Gasteiger partial charge in [-0.3, -0.25) is 4.90 Å². The Hall–Kier alpha value is -1.40. The van der Waals surface area contributed by atoms with Gasteiger partial charge in [-0.2, -0.15) is 0 Å². The summed E-state index contributed by atoms with van der Waals surface area (Å²) in [6.07, 6.45) is 4.40. The number of nitrogens with zero attached hydrogens (tertiary/aromatic N) is 3. The van der Waals surface area contributed by atoms with Crippen molar-refractivity contribution in [2.45, 2.75) is 0 Å². The fraction of sp³-hybridized carbons (Fsp3) is 0.619. The Morgan fingerprint density at radius 2 is 1.73 bits per heavy atom. The highest BCUT2D eigenvalue weighted by Crippen LogP contribution is 2.24. The van der Waals surface area contributed by atoms with E-state index in [9.17, 15) is 5.11 Å². The first-order valence-electron chi connectivity index (χ1n) is 9.72. The van der Waals surface area contributed by atoms with Crippen LogP contribution in [0.3, 0.4) is 0 Å². The molecule has 2 saturated heterocycles. The molecular formula is C21H33N3O2. The third-order valence-electron chi connectivity index (χ3n) is 5.76. The molecule has 1 aromatic rings. The summed E-state index contributed by atoms with van der Waals surface area (Å²) in [7, 11) is 3.88. The Labute approximate surface area is 157 Å². The van der Waals surface area contributed by atoms with Gasteiger partial charge in [0.2, 0.25) is 0 Å². The van der Waals surface area contributed by atoms with Crippen LogP contribution in [0.5, 0.6) is 5.75 Å². The second-order valence-corrected chi connectivity index (χ2v) is 7.70. The summed E-state index contributed by atoms with van der Waals surface area (Å²) in [5.41, 5.74) is 1.19. The zero-order valence-electron chi connectivity index (χ0n) is 16.2. The van der Waals surface area contributed by atoms with E-state index in [-0.39, 0.29) is 0 Å². The highest BCUT2D eigenvalue weighted by atomic mass is 16.5. The number of aliphatic hydroxyl groups excluding tert-OH is 1. The van der Waals surface area contributed by atoms with Crippen LogP contribution in [-0.2, 0) is 0 Å². The van der Waals surface area contributed by atoms with Crippen molar-refractivity contribution in [3.8, 4) is 5.75 Å². The van der Waals surface area contributed by atoms with E-state index in [0.717, 1.165) is 58.1 Å². The molecule has 3 rings (SSSR count). The van der Waals surface area contributed by atoms with Crippen LogP contribution in [0.25, 0.3) is 6.08 Å². The number of aliphatic hydroxyl groups is 1. The maximum atomic E-state index is 9.80. The van der Waals surface area contributed by atoms with Gasteiger partial charge in [-0.05, 0) is 36.6 Å². The van der Waals surface area contributed by atoms with Gasteiger partial charge in [-0.1, -0.05) is 24.3 Å². The number of likely N-dealkylation sites (N-methyl/N-ethyl adjacent to an activating group) is 1. The average Bonchev–Trinajstić information content (AvgIpc) is 3.06. The number of rotatable bonds is 7. The largest absolute Gasteiger partial charge is 0.497 e. The quantitative estimate of drug-likeness (QED) is 0.799. The summed E-state index contributed by atoms with van der Waals surface area (Å²) in [4.78, 5) is 7.44. The van der Waals surface area contributed by atoms with E-state index in [1.165, 1.54) is 5.56 Å². The van der Waals surface area contributed by atoms with Crippen molar-refractivity contribution in [1.82, 2.24) is 14.7 Å². The first-order chi connectivity index (χ1) is 12.7. The minimum absolute atomic E-state index is 0.303. The van der Waals surface area contributed by atoms with Gasteiger partial charge in [0.15, 0.2) is 0 Å². The molecule has 2 aliphatic heterocycles. The molecule has 2 atom stereocenters. The van der Waals surface area contributed by atoms with Gasteiger partial charge >= 0.3 is 0 Å². The van der Waals surface area contributed by atoms with E-state index in [1.54, 1.807) is 7.11 Å². The summed E-state index contributed by atoms with van der Waals surface area (Å²) >= 11 is 0. The Bertz CT molecular complexity index is 567. The topological polar surface area (TPSA) is 39.2 Å². The van der Waals surface area contributed by atoms with Crippen molar-refractivity contribution in [3.63, 3.8) is 0 Å². The molecule has 0 saturated carbocycles. The summed E-state index contributed by atoms with van der Waals surface area (Å²) in [5.74, 6) is 1.88. The van der Waals surface area contributed by atoms with Crippen LogP contribution in [0.2, 0.25) is 0 Å². The fourth-order valence-electron chi connectivity index (χ4n) is 4.01. The number of hydrogen-bond acceptors (Lipinski definition) is 5. The van der Waals surface area contributed by atoms with Crippen LogP contribution in [0.15, 0.2) is 30.3 Å². The lowest BCUT2D eigenvalue weighted by molar-refractivity contribution is 0.116. The normalized spacial score (nSPS) is 26.0. The number of ether oxygens (including phenoxy) is 1. The van der Waals surface area contributed by atoms with Crippen LogP contribution < -0.4 is 4.74 Å². The first-order valence-corrected chi connectivity index (χ1v) is 9.72. The molecule has 2 fully saturated rings. The van der Waals surface area contributed by atoms with Gasteiger partial charge in [0.05, 0.1) is 7.11 Å². The van der Waals surface area contributed by atoms with Crippen molar-refractivity contribution < 1.29 is 9.84 Å². The lowest BCUT2D eigenvalue weighted by Crippen LogP contribution is -2.47. The molecule has 0 spiro atoms. The highest BCUT2D eigenvalue weighted by Gasteiger charge is 2.33. The lowest BCUT2D eigenvalue weighted by atomic mass is 9.96. The van der Waals surface area contributed by atoms with Crippen molar-refractivity contribution in [2.75, 3.05) is 73.1 Å². The SMILES string of the molecule is COc1ccc(/C=C/CN2C[C@@H](CN3CCN(C)CC3)[C@@H](CO)C2)cc1. The third kappa shape index (κ3) is 5.30. The van der Waals surface area contributed by atoms with E-state index in [1.807, 2.05) is 12.1 Å². The second kappa shape index (κ2) is 9.51. The zero-order chi connectivity index (χ0) is 18.4. The van der Waals surface area contributed by atoms with E-state index >= 15 is 0 Å². The maximum Gasteiger partial charge on any atom is 0.118 e. The predicted octanol–water partition coefficient (Wildman–Crippen LogP) is 1.50. The van der Waals surface area contributed by atoms with Gasteiger partial charge in [0.1, 0.15) is 5.75 Å². The number of benzene rings is 1. The van der Waals surface area contributed by atoms with Crippen LogP contribution in [0.4, 0.5) is 0 Å². The molecule has 0 amide bonds. The summed E-state index contributed by atoms with van der Waals surface area (Å²) in [5, 5.41) is 9.80. The number of piperazine rings is 1. The number of methoxy groups -OCH3 is 1. The van der Waals surface area contributed by atoms with Crippen LogP contribution >= 0.6 is 0 Å². The summed E-state index contributed by atoms with van der Waals surface area (Å²) in [6, 6.07) is 8.13. The minimum Gasteiger partial charge on any atom is -0.497 e. The minimum atomic E-state index is 0.303. The molecule has 1 aromatic carbocycles. The molecule has 144 valence electrons. The Balaban J connectivity index is 1.47. The molecule has 0 radical (unpaired) electrons. The molecule has 26 heavy (non-hydrogen) atoms. The van der Waals surface area contributed by atoms with E-state index in [0.29, 0.717) is 18.4 Å². The zero-order valence-corrected chi connectivity index (χ0v) is 16.2. The van der Waals surface area contributed by atoms with Crippen LogP contribution in [0.1, 0.15) is 5.56 Å². The molecule has 5 heteroatoms. The predicted molar refractivity (Wildman–Crippen MR) is 106 cm³/mol. The first kappa shape index (κ1) is 19.4. The van der Waals surface area contributed by atoms with E-state index in [4.69, 9.17) is 4.74 Å². The lowest BCUT2D eigenvalue weighted by Gasteiger charge is -2.34. The molecule has 0 unspecified atom stereocenters. The molecule has 0 bridgehead atoms. The standard InChI is InChI=1S/C21H33N3O2/c1-22-10-12-23(13-11-22)14-19-15-24(16-20(19)17-25)9-3-4-18-5-7-21(26-2)8-6-18/h3-8,19-20,25H,9-17H2,1-2H3/b4-3+/t19-,20-/m1/s1. The Morgan fingerprint density at radius 3 is 2.38 bits per heavy atom. The molecule has 2 heterocycles. The molecule has 5 nitrogen and oxygen atoms in total. The molecule has 0 aliphatic carbocycles. The Morgan fingerprint density at radius 1 is 1.04 bits per heavy atom. The Kier molecular flexibility index (Phi) is 7.08. The maximum absolute atomic E-state index is 9.80. The van der Waals surface area contributed by atoms with Crippen molar-refractivity contribution in [1.29, 1.82) is 0 Å². The average molecular weight is 360 g/mol. The van der Waals surface area contributed by atoms with Crippen LogP contribution in [0, 0.1) is 11.8 Å². The smallest absolute Gasteiger partial charge is 0.118 e. The summed E-state index contributed by atoms with van der Waals surface area (Å²) in [6.45, 7) is 9.09. The van der Waals surface area contributed by atoms with Gasteiger partial charge in [-0.15, -0.1) is 0 Å². The number of likely N-dealkylation sites (tertiary alicyclic amines) is 1. The number of hydrogen-bond donors (Lipinski definition) is 1. The molecular weight excluding hydrogens is 326 g/mol. The fourth-order valence-corrected chi connectivity index (χ4v) is 4.01. The van der Waals surface area contributed by atoms with Crippen LogP contribution in [-0.4, -0.2) is 92.9 Å². The summed E-state index contributed by atoms with van der Waals surface area (Å²) < 4.78 is 5.20. The van der Waals surface area contributed by atoms with Crippen molar-refractivity contribution in [2.24, 2.45) is 11.8 Å². The molecule has 1 N–H and O–H groups in total. The second-order valence-electron chi connectivity index (χ2n) is 7.70. The van der Waals surface area contributed by atoms with Gasteiger partial charge < -0.3 is 19.6 Å². The monoisotopic (exact) mass is 359 g/mol. The molecule has 0 aromatic heterocycles.